The highest BCUT2D eigenvalue weighted by Gasteiger charge is 2.10. The van der Waals surface area contributed by atoms with E-state index in [1.165, 1.54) is 14.2 Å². The van der Waals surface area contributed by atoms with Gasteiger partial charge in [0.2, 0.25) is 0 Å². The van der Waals surface area contributed by atoms with E-state index in [1.807, 2.05) is 0 Å². The van der Waals surface area contributed by atoms with Gasteiger partial charge in [0.05, 0.1) is 25.5 Å². The van der Waals surface area contributed by atoms with Crippen LogP contribution in [0.5, 0.6) is 5.75 Å². The molecule has 5 nitrogen and oxygen atoms in total. The first-order valence-electron chi connectivity index (χ1n) is 4.41. The molecule has 1 aromatic rings. The molecule has 0 aliphatic heterocycles. The Morgan fingerprint density at radius 2 is 2.12 bits per heavy atom. The predicted molar refractivity (Wildman–Crippen MR) is 64.7 cm³/mol. The largest absolute Gasteiger partial charge is 0.495 e. The van der Waals surface area contributed by atoms with Gasteiger partial charge in [-0.2, -0.15) is 0 Å². The summed E-state index contributed by atoms with van der Waals surface area (Å²) in [6.45, 7) is 0. The fraction of sp³-hybridized carbons (Fsp3) is 0.200. The van der Waals surface area contributed by atoms with Gasteiger partial charge < -0.3 is 20.5 Å². The number of ether oxygens (including phenoxy) is 2. The summed E-state index contributed by atoms with van der Waals surface area (Å²) in [5.74, 6) is 0.0378. The van der Waals surface area contributed by atoms with Gasteiger partial charge in [-0.1, -0.05) is 0 Å². The molecule has 3 N–H and O–H groups in total. The minimum absolute atomic E-state index is 0.129. The van der Waals surface area contributed by atoms with Gasteiger partial charge in [-0.05, 0) is 30.4 Å². The van der Waals surface area contributed by atoms with E-state index in [-0.39, 0.29) is 5.11 Å². The summed E-state index contributed by atoms with van der Waals surface area (Å²) in [5, 5.41) is 2.87. The van der Waals surface area contributed by atoms with Gasteiger partial charge in [0, 0.05) is 0 Å². The maximum atomic E-state index is 11.3. The maximum absolute atomic E-state index is 11.3. The topological polar surface area (TPSA) is 73.6 Å². The van der Waals surface area contributed by atoms with Gasteiger partial charge in [0.25, 0.3) is 0 Å². The summed E-state index contributed by atoms with van der Waals surface area (Å²) in [6, 6.07) is 4.78. The molecule has 0 radical (unpaired) electrons. The molecule has 0 heterocycles. The lowest BCUT2D eigenvalue weighted by Gasteiger charge is -2.10. The minimum Gasteiger partial charge on any atom is -0.495 e. The molecule has 0 aliphatic carbocycles. The van der Waals surface area contributed by atoms with Crippen molar-refractivity contribution >= 4 is 29.0 Å². The van der Waals surface area contributed by atoms with Crippen molar-refractivity contribution in [3.8, 4) is 5.75 Å². The minimum atomic E-state index is -0.430. The molecule has 86 valence electrons. The van der Waals surface area contributed by atoms with Crippen LogP contribution in [0.4, 0.5) is 5.69 Å². The monoisotopic (exact) mass is 240 g/mol. The van der Waals surface area contributed by atoms with Crippen LogP contribution >= 0.6 is 12.2 Å². The Hall–Kier alpha value is -1.82. The maximum Gasteiger partial charge on any atom is 0.337 e. The van der Waals surface area contributed by atoms with Crippen LogP contribution in [0, 0.1) is 0 Å². The fourth-order valence-electron chi connectivity index (χ4n) is 1.17. The third-order valence-corrected chi connectivity index (χ3v) is 1.98. The lowest BCUT2D eigenvalue weighted by Crippen LogP contribution is -2.19. The van der Waals surface area contributed by atoms with Crippen LogP contribution in [0.2, 0.25) is 0 Å². The number of esters is 1. The summed E-state index contributed by atoms with van der Waals surface area (Å²) in [7, 11) is 2.80. The van der Waals surface area contributed by atoms with Crippen molar-refractivity contribution in [1.82, 2.24) is 0 Å². The lowest BCUT2D eigenvalue weighted by atomic mass is 10.2. The van der Waals surface area contributed by atoms with Crippen LogP contribution in [0.25, 0.3) is 0 Å². The van der Waals surface area contributed by atoms with Crippen LogP contribution in [-0.4, -0.2) is 25.3 Å². The zero-order valence-electron chi connectivity index (χ0n) is 8.94. The molecule has 0 atom stereocenters. The standard InChI is InChI=1S/C10H12N2O3S/c1-14-8-5-6(9(13)15-2)3-4-7(8)12-10(11)16/h3-5H,1-2H3,(H3,11,12,16). The molecular weight excluding hydrogens is 228 g/mol. The second kappa shape index (κ2) is 5.32. The van der Waals surface area contributed by atoms with Gasteiger partial charge >= 0.3 is 5.97 Å². The Balaban J connectivity index is 3.06. The van der Waals surface area contributed by atoms with E-state index < -0.39 is 5.97 Å². The SMILES string of the molecule is COC(=O)c1ccc(NC(N)=S)c(OC)c1. The predicted octanol–water partition coefficient (Wildman–Crippen LogP) is 1.14. The molecule has 0 aromatic heterocycles. The Bertz CT molecular complexity index is 421. The molecule has 0 amide bonds. The lowest BCUT2D eigenvalue weighted by molar-refractivity contribution is 0.0600. The number of hydrogen-bond donors (Lipinski definition) is 2. The van der Waals surface area contributed by atoms with E-state index in [4.69, 9.17) is 22.7 Å². The molecule has 6 heteroatoms. The summed E-state index contributed by atoms with van der Waals surface area (Å²) in [4.78, 5) is 11.3. The second-order valence-electron chi connectivity index (χ2n) is 2.90. The van der Waals surface area contributed by atoms with Crippen molar-refractivity contribution in [1.29, 1.82) is 0 Å². The van der Waals surface area contributed by atoms with Crippen LogP contribution in [-0.2, 0) is 4.74 Å². The van der Waals surface area contributed by atoms with Crippen LogP contribution < -0.4 is 15.8 Å². The number of carbonyl (C=O) groups is 1. The first-order valence-corrected chi connectivity index (χ1v) is 4.82. The molecule has 0 aliphatic rings. The van der Waals surface area contributed by atoms with E-state index in [0.29, 0.717) is 17.0 Å². The Labute approximate surface area is 98.5 Å². The number of methoxy groups -OCH3 is 2. The number of rotatable bonds is 3. The fourth-order valence-corrected chi connectivity index (χ4v) is 1.28. The van der Waals surface area contributed by atoms with Crippen LogP contribution in [0.1, 0.15) is 10.4 Å². The molecule has 0 spiro atoms. The summed E-state index contributed by atoms with van der Waals surface area (Å²) >= 11 is 4.71. The van der Waals surface area contributed by atoms with Gasteiger partial charge in [0.1, 0.15) is 5.75 Å². The first kappa shape index (κ1) is 12.3. The van der Waals surface area contributed by atoms with E-state index in [1.54, 1.807) is 18.2 Å². The number of hydrogen-bond acceptors (Lipinski definition) is 4. The Kier molecular flexibility index (Phi) is 4.07. The number of thiocarbonyl (C=S) groups is 1. The highest BCUT2D eigenvalue weighted by molar-refractivity contribution is 7.80. The number of anilines is 1. The molecular formula is C10H12N2O3S. The molecule has 0 unspecified atom stereocenters. The van der Waals surface area contributed by atoms with Crippen molar-refractivity contribution in [3.63, 3.8) is 0 Å². The number of nitrogens with two attached hydrogens (primary N) is 1. The van der Waals surface area contributed by atoms with Crippen molar-refractivity contribution < 1.29 is 14.3 Å². The van der Waals surface area contributed by atoms with E-state index in [2.05, 4.69) is 10.1 Å². The van der Waals surface area contributed by atoms with Gasteiger partial charge in [-0.15, -0.1) is 0 Å². The highest BCUT2D eigenvalue weighted by Crippen LogP contribution is 2.25. The van der Waals surface area contributed by atoms with E-state index in [9.17, 15) is 4.79 Å². The number of benzene rings is 1. The summed E-state index contributed by atoms with van der Waals surface area (Å²) < 4.78 is 9.69. The normalized spacial score (nSPS) is 9.38. The van der Waals surface area contributed by atoms with Crippen LogP contribution in [0.15, 0.2) is 18.2 Å². The third kappa shape index (κ3) is 2.83. The van der Waals surface area contributed by atoms with Crippen molar-refractivity contribution in [2.24, 2.45) is 5.73 Å². The highest BCUT2D eigenvalue weighted by atomic mass is 32.1. The quantitative estimate of drug-likeness (QED) is 0.609. The third-order valence-electron chi connectivity index (χ3n) is 1.88. The first-order chi connectivity index (χ1) is 7.58. The van der Waals surface area contributed by atoms with E-state index >= 15 is 0 Å². The Morgan fingerprint density at radius 1 is 1.44 bits per heavy atom. The summed E-state index contributed by atoms with van der Waals surface area (Å²) in [6.07, 6.45) is 0. The zero-order chi connectivity index (χ0) is 12.1. The van der Waals surface area contributed by atoms with Gasteiger partial charge in [-0.3, -0.25) is 0 Å². The van der Waals surface area contributed by atoms with Gasteiger partial charge in [0.15, 0.2) is 5.11 Å². The van der Waals surface area contributed by atoms with Gasteiger partial charge in [-0.25, -0.2) is 4.79 Å². The zero-order valence-corrected chi connectivity index (χ0v) is 9.76. The van der Waals surface area contributed by atoms with E-state index in [0.717, 1.165) is 0 Å². The van der Waals surface area contributed by atoms with Crippen molar-refractivity contribution in [3.05, 3.63) is 23.8 Å². The second-order valence-corrected chi connectivity index (χ2v) is 3.34. The number of carbonyl (C=O) groups excluding carboxylic acids is 1. The smallest absolute Gasteiger partial charge is 0.337 e. The average Bonchev–Trinajstić information content (AvgIpc) is 2.27. The molecule has 16 heavy (non-hydrogen) atoms. The average molecular weight is 240 g/mol. The Morgan fingerprint density at radius 3 is 2.62 bits per heavy atom. The molecule has 0 bridgehead atoms. The summed E-state index contributed by atoms with van der Waals surface area (Å²) in [5.41, 5.74) is 6.34. The van der Waals surface area contributed by atoms with Crippen LogP contribution in [0.3, 0.4) is 0 Å². The van der Waals surface area contributed by atoms with Crippen molar-refractivity contribution in [2.45, 2.75) is 0 Å². The molecule has 0 fully saturated rings. The molecule has 1 aromatic carbocycles. The molecule has 1 rings (SSSR count). The molecule has 0 saturated carbocycles. The van der Waals surface area contributed by atoms with Crippen molar-refractivity contribution in [2.75, 3.05) is 19.5 Å². The number of nitrogens with one attached hydrogen (secondary N) is 1. The molecule has 0 saturated heterocycles.